The number of hydrogen-bond acceptors (Lipinski definition) is 8. The molecule has 1 amide bonds. The zero-order valence-corrected chi connectivity index (χ0v) is 15.1. The van der Waals surface area contributed by atoms with Gasteiger partial charge in [-0.1, -0.05) is 0 Å². The number of benzene rings is 2. The number of nitro groups is 1. The van der Waals surface area contributed by atoms with Crippen LogP contribution in [0.1, 0.15) is 0 Å². The fourth-order valence-corrected chi connectivity index (χ4v) is 2.78. The van der Waals surface area contributed by atoms with Gasteiger partial charge in [-0.2, -0.15) is 0 Å². The highest BCUT2D eigenvalue weighted by atomic mass is 16.6. The first-order chi connectivity index (χ1) is 14.4. The first-order valence-electron chi connectivity index (χ1n) is 8.51. The number of nitro benzene ring substituents is 1. The number of carbonyl (C=O) groups is 1. The molecule has 2 aromatic heterocycles. The molecule has 150 valence electrons. The average molecular weight is 408 g/mol. The summed E-state index contributed by atoms with van der Waals surface area (Å²) < 4.78 is 10.4. The van der Waals surface area contributed by atoms with Gasteiger partial charge in [0.25, 0.3) is 5.69 Å². The normalized spacial score (nSPS) is 11.3. The third kappa shape index (κ3) is 3.71. The predicted octanol–water partition coefficient (Wildman–Crippen LogP) is 3.58. The topological polar surface area (TPSA) is 160 Å². The molecule has 30 heavy (non-hydrogen) atoms. The third-order valence-electron chi connectivity index (χ3n) is 4.16. The first-order valence-corrected chi connectivity index (χ1v) is 8.51. The van der Waals surface area contributed by atoms with E-state index in [2.05, 4.69) is 15.2 Å². The van der Waals surface area contributed by atoms with Gasteiger partial charge in [0, 0.05) is 35.0 Å². The Morgan fingerprint density at radius 2 is 2.00 bits per heavy atom. The smallest absolute Gasteiger partial charge is 0.336 e. The van der Waals surface area contributed by atoms with Gasteiger partial charge in [0.2, 0.25) is 5.88 Å². The van der Waals surface area contributed by atoms with E-state index >= 15 is 0 Å². The SMILES string of the molecule is O=C(COc1ccc2ccc(=O)oc2c1)N=Nc1c(O)[nH]c2ccc([N+](=O)[O-])cc12. The van der Waals surface area contributed by atoms with Crippen molar-refractivity contribution in [2.75, 3.05) is 6.61 Å². The summed E-state index contributed by atoms with van der Waals surface area (Å²) in [4.78, 5) is 36.2. The quantitative estimate of drug-likeness (QED) is 0.221. The highest BCUT2D eigenvalue weighted by Gasteiger charge is 2.15. The highest BCUT2D eigenvalue weighted by molar-refractivity contribution is 5.95. The van der Waals surface area contributed by atoms with Crippen LogP contribution >= 0.6 is 0 Å². The minimum absolute atomic E-state index is 0.102. The van der Waals surface area contributed by atoms with Crippen LogP contribution in [0.4, 0.5) is 11.4 Å². The molecule has 0 aliphatic heterocycles. The van der Waals surface area contributed by atoms with E-state index in [4.69, 9.17) is 9.15 Å². The number of amides is 1. The van der Waals surface area contributed by atoms with Crippen molar-refractivity contribution in [3.8, 4) is 11.6 Å². The van der Waals surface area contributed by atoms with Crippen LogP contribution in [0, 0.1) is 10.1 Å². The second kappa shape index (κ2) is 7.47. The Balaban J connectivity index is 1.50. The Labute approximate surface area is 166 Å². The number of hydrogen-bond donors (Lipinski definition) is 2. The van der Waals surface area contributed by atoms with E-state index in [-0.39, 0.29) is 28.4 Å². The van der Waals surface area contributed by atoms with Crippen LogP contribution in [-0.4, -0.2) is 27.5 Å². The molecule has 0 unspecified atom stereocenters. The first kappa shape index (κ1) is 18.8. The van der Waals surface area contributed by atoms with E-state index in [0.717, 1.165) is 0 Å². The summed E-state index contributed by atoms with van der Waals surface area (Å²) in [6.45, 7) is -0.463. The number of nitrogens with zero attached hydrogens (tertiary/aromatic N) is 3. The number of aromatic nitrogens is 1. The molecule has 0 atom stereocenters. The molecule has 0 aliphatic carbocycles. The van der Waals surface area contributed by atoms with E-state index in [1.165, 1.54) is 30.3 Å². The Bertz CT molecular complexity index is 1390. The lowest BCUT2D eigenvalue weighted by Gasteiger charge is -2.03. The maximum Gasteiger partial charge on any atom is 0.336 e. The number of rotatable bonds is 5. The number of aromatic hydroxyl groups is 1. The van der Waals surface area contributed by atoms with Crippen molar-refractivity contribution in [3.63, 3.8) is 0 Å². The molecule has 2 aromatic carbocycles. The number of aromatic amines is 1. The molecular formula is C19H12N4O7. The van der Waals surface area contributed by atoms with E-state index < -0.39 is 23.1 Å². The molecule has 11 heteroatoms. The van der Waals surface area contributed by atoms with Crippen molar-refractivity contribution in [1.82, 2.24) is 4.98 Å². The molecule has 0 spiro atoms. The number of H-pyrrole nitrogens is 1. The van der Waals surface area contributed by atoms with Crippen LogP contribution in [0.2, 0.25) is 0 Å². The lowest BCUT2D eigenvalue weighted by molar-refractivity contribution is -0.384. The van der Waals surface area contributed by atoms with Gasteiger partial charge in [0.15, 0.2) is 12.3 Å². The molecule has 0 bridgehead atoms. The van der Waals surface area contributed by atoms with Gasteiger partial charge in [-0.05, 0) is 24.3 Å². The van der Waals surface area contributed by atoms with Gasteiger partial charge < -0.3 is 19.2 Å². The molecule has 0 fully saturated rings. The minimum atomic E-state index is -0.760. The second-order valence-corrected chi connectivity index (χ2v) is 6.15. The number of non-ortho nitro benzene ring substituents is 1. The van der Waals surface area contributed by atoms with Crippen molar-refractivity contribution >= 4 is 39.2 Å². The summed E-state index contributed by atoms with van der Waals surface area (Å²) in [7, 11) is 0. The Kier molecular flexibility index (Phi) is 4.68. The highest BCUT2D eigenvalue weighted by Crippen LogP contribution is 2.37. The molecule has 4 aromatic rings. The maximum atomic E-state index is 12.0. The van der Waals surface area contributed by atoms with Crippen LogP contribution < -0.4 is 10.4 Å². The van der Waals surface area contributed by atoms with Crippen LogP contribution in [-0.2, 0) is 4.79 Å². The summed E-state index contributed by atoms with van der Waals surface area (Å²) in [5.41, 5.74) is -0.110. The third-order valence-corrected chi connectivity index (χ3v) is 4.16. The number of nitrogens with one attached hydrogen (secondary N) is 1. The second-order valence-electron chi connectivity index (χ2n) is 6.15. The summed E-state index contributed by atoms with van der Waals surface area (Å²) in [5.74, 6) is -0.859. The number of carbonyl (C=O) groups excluding carboxylic acids is 1. The lowest BCUT2D eigenvalue weighted by atomic mass is 10.2. The van der Waals surface area contributed by atoms with Crippen LogP contribution in [0.3, 0.4) is 0 Å². The van der Waals surface area contributed by atoms with Gasteiger partial charge in [0.05, 0.1) is 10.4 Å². The molecule has 0 radical (unpaired) electrons. The summed E-state index contributed by atoms with van der Waals surface area (Å²) in [6.07, 6.45) is 0. The van der Waals surface area contributed by atoms with Crippen LogP contribution in [0.5, 0.6) is 11.6 Å². The number of ether oxygens (including phenoxy) is 1. The molecule has 11 nitrogen and oxygen atoms in total. The van der Waals surface area contributed by atoms with E-state index in [1.54, 1.807) is 18.2 Å². The van der Waals surface area contributed by atoms with Crippen LogP contribution in [0.15, 0.2) is 68.0 Å². The van der Waals surface area contributed by atoms with Crippen LogP contribution in [0.25, 0.3) is 21.9 Å². The van der Waals surface area contributed by atoms with Gasteiger partial charge in [-0.3, -0.25) is 14.9 Å². The van der Waals surface area contributed by atoms with Crippen molar-refractivity contribution in [1.29, 1.82) is 0 Å². The van der Waals surface area contributed by atoms with E-state index in [0.29, 0.717) is 16.5 Å². The standard InChI is InChI=1S/C19H12N4O7/c24-16(9-29-12-4-1-10-2-6-17(25)30-15(10)8-12)21-22-18-13-7-11(23(27)28)3-5-14(13)20-19(18)26/h1-8,20,26H,9H2. The lowest BCUT2D eigenvalue weighted by Crippen LogP contribution is -2.07. The zero-order valence-electron chi connectivity index (χ0n) is 15.1. The number of azo groups is 1. The average Bonchev–Trinajstić information content (AvgIpc) is 3.04. The van der Waals surface area contributed by atoms with Crippen molar-refractivity contribution in [2.45, 2.75) is 0 Å². The zero-order chi connectivity index (χ0) is 21.3. The summed E-state index contributed by atoms with van der Waals surface area (Å²) in [6, 6.07) is 11.5. The van der Waals surface area contributed by atoms with E-state index in [1.807, 2.05) is 0 Å². The minimum Gasteiger partial charge on any atom is -0.493 e. The van der Waals surface area contributed by atoms with Gasteiger partial charge in [0.1, 0.15) is 11.3 Å². The Hall–Kier alpha value is -4.54. The summed E-state index contributed by atoms with van der Waals surface area (Å²) >= 11 is 0. The molecule has 2 heterocycles. The summed E-state index contributed by atoms with van der Waals surface area (Å²) in [5, 5.41) is 29.0. The molecular weight excluding hydrogens is 396 g/mol. The fourth-order valence-electron chi connectivity index (χ4n) is 2.78. The fraction of sp³-hybridized carbons (Fsp3) is 0.0526. The number of fused-ring (bicyclic) bond motifs is 2. The van der Waals surface area contributed by atoms with Gasteiger partial charge in [-0.25, -0.2) is 4.79 Å². The van der Waals surface area contributed by atoms with Crippen molar-refractivity contribution in [3.05, 3.63) is 69.1 Å². The molecule has 0 saturated carbocycles. The van der Waals surface area contributed by atoms with Gasteiger partial charge in [-0.15, -0.1) is 10.2 Å². The van der Waals surface area contributed by atoms with E-state index in [9.17, 15) is 24.8 Å². The molecule has 0 aliphatic rings. The largest absolute Gasteiger partial charge is 0.493 e. The van der Waals surface area contributed by atoms with Crippen molar-refractivity contribution in [2.24, 2.45) is 10.2 Å². The van der Waals surface area contributed by atoms with Gasteiger partial charge >= 0.3 is 11.5 Å². The Morgan fingerprint density at radius 3 is 2.80 bits per heavy atom. The predicted molar refractivity (Wildman–Crippen MR) is 104 cm³/mol. The molecule has 4 rings (SSSR count). The molecule has 2 N–H and O–H groups in total. The van der Waals surface area contributed by atoms with Crippen molar-refractivity contribution < 1.29 is 24.0 Å². The maximum absolute atomic E-state index is 12.0. The monoisotopic (exact) mass is 408 g/mol. The molecule has 0 saturated heterocycles. The Morgan fingerprint density at radius 1 is 1.20 bits per heavy atom.